The SMILES string of the molecule is CCCC[C@H](NC(=O)[C@H](CC(C)C)NC(=O)[C@@H](NC(=O)[C@H](Cc1ccccc1C)NC(=O)[C@@H](COCc1ccccc1)NC(=O)[C@H](CO)NC(=O)CCC(=O)c1cccs1)C(C)(C)C)C(=O)C(N)=O. The van der Waals surface area contributed by atoms with Crippen LogP contribution in [-0.2, 0) is 56.1 Å². The van der Waals surface area contributed by atoms with E-state index in [0.717, 1.165) is 11.1 Å². The van der Waals surface area contributed by atoms with Gasteiger partial charge in [0.05, 0.1) is 30.7 Å². The Hall–Kier alpha value is -6.31. The molecule has 9 N–H and O–H groups in total. The average Bonchev–Trinajstić information content (AvgIpc) is 3.85. The minimum atomic E-state index is -1.52. The van der Waals surface area contributed by atoms with Gasteiger partial charge in [-0.1, -0.05) is 115 Å². The fourth-order valence-electron chi connectivity index (χ4n) is 7.11. The Morgan fingerprint density at radius 2 is 1.29 bits per heavy atom. The van der Waals surface area contributed by atoms with Gasteiger partial charge in [-0.2, -0.15) is 0 Å². The second-order valence-electron chi connectivity index (χ2n) is 18.4. The van der Waals surface area contributed by atoms with Crippen LogP contribution in [0.25, 0.3) is 0 Å². The maximum absolute atomic E-state index is 14.6. The second kappa shape index (κ2) is 28.2. The lowest BCUT2D eigenvalue weighted by Crippen LogP contribution is -2.62. The van der Waals surface area contributed by atoms with Crippen molar-refractivity contribution in [1.82, 2.24) is 31.9 Å². The number of hydrogen-bond donors (Lipinski definition) is 8. The molecule has 7 amide bonds. The predicted octanol–water partition coefficient (Wildman–Crippen LogP) is 2.72. The largest absolute Gasteiger partial charge is 0.394 e. The molecule has 1 heterocycles. The van der Waals surface area contributed by atoms with Gasteiger partial charge < -0.3 is 47.5 Å². The van der Waals surface area contributed by atoms with Crippen molar-refractivity contribution in [2.24, 2.45) is 17.1 Å². The number of amides is 7. The molecule has 0 saturated carbocycles. The number of carbonyl (C=O) groups excluding carboxylic acids is 9. The number of ketones is 2. The highest BCUT2D eigenvalue weighted by Gasteiger charge is 2.38. The van der Waals surface area contributed by atoms with Crippen LogP contribution in [0.2, 0.25) is 0 Å². The van der Waals surface area contributed by atoms with E-state index < -0.39 is 102 Å². The molecule has 0 bridgehead atoms. The minimum Gasteiger partial charge on any atom is -0.394 e. The lowest BCUT2D eigenvalue weighted by Gasteiger charge is -2.34. The highest BCUT2D eigenvalue weighted by atomic mass is 32.1. The van der Waals surface area contributed by atoms with Crippen LogP contribution in [0.5, 0.6) is 0 Å². The summed E-state index contributed by atoms with van der Waals surface area (Å²) in [7, 11) is 0. The summed E-state index contributed by atoms with van der Waals surface area (Å²) < 4.78 is 5.88. The first kappa shape index (κ1) is 57.0. The number of Topliss-reactive ketones (excluding diaryl/α,β-unsaturated/α-hetero) is 2. The molecule has 0 unspecified atom stereocenters. The minimum absolute atomic E-state index is 0.0328. The monoisotopic (exact) mass is 975 g/mol. The third kappa shape index (κ3) is 19.3. The van der Waals surface area contributed by atoms with Crippen molar-refractivity contribution in [1.29, 1.82) is 0 Å². The van der Waals surface area contributed by atoms with Crippen LogP contribution in [0, 0.1) is 18.3 Å². The van der Waals surface area contributed by atoms with Crippen LogP contribution in [0.3, 0.4) is 0 Å². The fourth-order valence-corrected chi connectivity index (χ4v) is 7.80. The van der Waals surface area contributed by atoms with Crippen molar-refractivity contribution in [3.63, 3.8) is 0 Å². The maximum atomic E-state index is 14.6. The molecule has 376 valence electrons. The Kier molecular flexibility index (Phi) is 23.3. The van der Waals surface area contributed by atoms with Gasteiger partial charge in [-0.15, -0.1) is 11.3 Å². The van der Waals surface area contributed by atoms with Gasteiger partial charge in [-0.3, -0.25) is 43.2 Å². The molecule has 0 spiro atoms. The van der Waals surface area contributed by atoms with Crippen molar-refractivity contribution in [3.8, 4) is 0 Å². The summed E-state index contributed by atoms with van der Waals surface area (Å²) in [5.74, 6) is -7.30. The summed E-state index contributed by atoms with van der Waals surface area (Å²) in [6, 6.07) is 11.4. The maximum Gasteiger partial charge on any atom is 0.287 e. The third-order valence-electron chi connectivity index (χ3n) is 11.0. The molecular weight excluding hydrogens is 907 g/mol. The zero-order chi connectivity index (χ0) is 51.3. The number of aliphatic hydroxyl groups excluding tert-OH is 1. The number of aryl methyl sites for hydroxylation is 1. The number of unbranched alkanes of at least 4 members (excludes halogenated alkanes) is 1. The Morgan fingerprint density at radius 1 is 0.696 bits per heavy atom. The van der Waals surface area contributed by atoms with Crippen LogP contribution < -0.4 is 37.6 Å². The molecule has 3 aromatic rings. The molecule has 1 aromatic heterocycles. The van der Waals surface area contributed by atoms with E-state index in [2.05, 4.69) is 31.9 Å². The van der Waals surface area contributed by atoms with E-state index in [1.165, 1.54) is 11.3 Å². The van der Waals surface area contributed by atoms with Crippen LogP contribution >= 0.6 is 11.3 Å². The first-order valence-electron chi connectivity index (χ1n) is 23.1. The topological polar surface area (TPSA) is 281 Å². The van der Waals surface area contributed by atoms with Gasteiger partial charge in [0.1, 0.15) is 30.2 Å². The molecular formula is C50H69N7O11S. The number of rotatable bonds is 29. The smallest absolute Gasteiger partial charge is 0.287 e. The number of aliphatic hydroxyl groups is 1. The molecule has 2 aromatic carbocycles. The third-order valence-corrected chi connectivity index (χ3v) is 11.9. The van der Waals surface area contributed by atoms with E-state index in [9.17, 15) is 48.3 Å². The molecule has 3 rings (SSSR count). The number of nitrogens with two attached hydrogens (primary N) is 1. The van der Waals surface area contributed by atoms with Gasteiger partial charge >= 0.3 is 0 Å². The van der Waals surface area contributed by atoms with Gasteiger partial charge in [0.25, 0.3) is 5.91 Å². The van der Waals surface area contributed by atoms with Crippen molar-refractivity contribution < 1.29 is 53.0 Å². The van der Waals surface area contributed by atoms with E-state index in [-0.39, 0.29) is 50.4 Å². The molecule has 19 heteroatoms. The molecule has 0 fully saturated rings. The molecule has 0 aliphatic rings. The Bertz CT molecular complexity index is 2210. The van der Waals surface area contributed by atoms with Crippen molar-refractivity contribution in [2.45, 2.75) is 136 Å². The van der Waals surface area contributed by atoms with Crippen molar-refractivity contribution in [3.05, 3.63) is 93.7 Å². The van der Waals surface area contributed by atoms with Gasteiger partial charge in [0.15, 0.2) is 5.78 Å². The van der Waals surface area contributed by atoms with Crippen LogP contribution in [0.15, 0.2) is 72.1 Å². The van der Waals surface area contributed by atoms with E-state index in [1.54, 1.807) is 80.7 Å². The first-order chi connectivity index (χ1) is 32.6. The van der Waals surface area contributed by atoms with E-state index in [1.807, 2.05) is 39.8 Å². The summed E-state index contributed by atoms with van der Waals surface area (Å²) in [6.45, 7) is 11.2. The number of hydrogen-bond acceptors (Lipinski definition) is 12. The zero-order valence-corrected chi connectivity index (χ0v) is 41.4. The fraction of sp³-hybridized carbons (Fsp3) is 0.500. The molecule has 6 atom stereocenters. The molecule has 0 aliphatic carbocycles. The van der Waals surface area contributed by atoms with Gasteiger partial charge in [0.2, 0.25) is 41.2 Å². The molecule has 0 radical (unpaired) electrons. The van der Waals surface area contributed by atoms with Gasteiger partial charge in [-0.25, -0.2) is 0 Å². The van der Waals surface area contributed by atoms with Gasteiger partial charge in [-0.05, 0) is 59.2 Å². The lowest BCUT2D eigenvalue weighted by molar-refractivity contribution is -0.139. The van der Waals surface area contributed by atoms with Crippen molar-refractivity contribution >= 4 is 64.3 Å². The van der Waals surface area contributed by atoms with Crippen molar-refractivity contribution in [2.75, 3.05) is 13.2 Å². The summed E-state index contributed by atoms with van der Waals surface area (Å²) in [5, 5.41) is 27.7. The Balaban J connectivity index is 1.91. The average molecular weight is 976 g/mol. The number of carbonyl (C=O) groups is 9. The predicted molar refractivity (Wildman–Crippen MR) is 260 cm³/mol. The van der Waals surface area contributed by atoms with Crippen LogP contribution in [0.1, 0.15) is 106 Å². The normalized spacial score (nSPS) is 13.9. The molecule has 18 nitrogen and oxygen atoms in total. The standard InChI is InChI=1S/C50H69N7O11S/c1-8-9-20-34(42(61)44(51)62)53-45(63)35(25-30(2)3)55-49(67)43(50(5,6)7)57-46(64)36(26-33-19-14-13-16-31(33)4)54-48(66)38(29-68-28-32-17-11-10-12-18-32)56-47(65)37(27-58)52-41(60)23-22-39(59)40-21-15-24-69-40/h10-19,21,24,30,34-38,43,58H,8-9,20,22-23,25-29H2,1-7H3,(H2,51,62)(H,52,60)(H,53,63)(H,54,66)(H,55,67)(H,56,65)(H,57,64)/t34-,35-,36-,37-,38+,43+/m0/s1. The van der Waals surface area contributed by atoms with E-state index in [0.29, 0.717) is 23.3 Å². The van der Waals surface area contributed by atoms with Crippen LogP contribution in [-0.4, -0.2) is 107 Å². The number of benzene rings is 2. The number of nitrogens with one attached hydrogen (secondary N) is 6. The summed E-state index contributed by atoms with van der Waals surface area (Å²) >= 11 is 1.23. The zero-order valence-electron chi connectivity index (χ0n) is 40.6. The molecule has 0 aliphatic heterocycles. The molecule has 69 heavy (non-hydrogen) atoms. The summed E-state index contributed by atoms with van der Waals surface area (Å²) in [6.07, 6.45) is 1.00. The first-order valence-corrected chi connectivity index (χ1v) is 24.0. The number of primary amides is 1. The Morgan fingerprint density at radius 3 is 1.88 bits per heavy atom. The van der Waals surface area contributed by atoms with Crippen LogP contribution in [0.4, 0.5) is 0 Å². The number of thiophene rings is 1. The number of ether oxygens (including phenoxy) is 1. The van der Waals surface area contributed by atoms with E-state index >= 15 is 0 Å². The summed E-state index contributed by atoms with van der Waals surface area (Å²) in [4.78, 5) is 121. The highest BCUT2D eigenvalue weighted by molar-refractivity contribution is 7.12. The van der Waals surface area contributed by atoms with E-state index in [4.69, 9.17) is 10.5 Å². The second-order valence-corrected chi connectivity index (χ2v) is 19.3. The molecule has 0 saturated heterocycles. The highest BCUT2D eigenvalue weighted by Crippen LogP contribution is 2.21. The quantitative estimate of drug-likeness (QED) is 0.0370. The Labute approximate surface area is 408 Å². The lowest BCUT2D eigenvalue weighted by atomic mass is 9.85. The van der Waals surface area contributed by atoms with Gasteiger partial charge in [0, 0.05) is 19.3 Å². The summed E-state index contributed by atoms with van der Waals surface area (Å²) in [5.41, 5.74) is 6.52.